The second-order valence-electron chi connectivity index (χ2n) is 6.38. The van der Waals surface area contributed by atoms with Crippen molar-refractivity contribution in [2.75, 3.05) is 13.1 Å². The predicted molar refractivity (Wildman–Crippen MR) is 85.7 cm³/mol. The van der Waals surface area contributed by atoms with Crippen molar-refractivity contribution in [3.05, 3.63) is 35.6 Å². The topological polar surface area (TPSA) is 58.4 Å². The number of benzene rings is 1. The minimum absolute atomic E-state index is 0.0620. The zero-order chi connectivity index (χ0) is 16.1. The highest BCUT2D eigenvalue weighted by atomic mass is 19.1. The van der Waals surface area contributed by atoms with E-state index in [2.05, 4.69) is 5.32 Å². The number of nitrogens with zero attached hydrogens (tertiary/aromatic N) is 1. The van der Waals surface area contributed by atoms with Gasteiger partial charge in [0.25, 0.3) is 0 Å². The minimum Gasteiger partial charge on any atom is -0.341 e. The van der Waals surface area contributed by atoms with Gasteiger partial charge in [-0.2, -0.15) is 0 Å². The van der Waals surface area contributed by atoms with Crippen LogP contribution in [0.25, 0.3) is 0 Å². The summed E-state index contributed by atoms with van der Waals surface area (Å²) in [5.74, 6) is 0.0193. The van der Waals surface area contributed by atoms with Crippen molar-refractivity contribution in [2.24, 2.45) is 11.7 Å². The first-order valence-corrected chi connectivity index (χ1v) is 7.99. The number of halogens is 1. The summed E-state index contributed by atoms with van der Waals surface area (Å²) in [6, 6.07) is 6.54. The zero-order valence-electron chi connectivity index (χ0n) is 13.4. The summed E-state index contributed by atoms with van der Waals surface area (Å²) in [6.07, 6.45) is 1.86. The Bertz CT molecular complexity index is 481. The lowest BCUT2D eigenvalue weighted by Gasteiger charge is -2.34. The van der Waals surface area contributed by atoms with Crippen molar-refractivity contribution in [3.63, 3.8) is 0 Å². The lowest BCUT2D eigenvalue weighted by Crippen LogP contribution is -2.51. The van der Waals surface area contributed by atoms with Crippen LogP contribution in [0, 0.1) is 11.7 Å². The second-order valence-corrected chi connectivity index (χ2v) is 6.38. The molecule has 0 saturated carbocycles. The maximum Gasteiger partial charge on any atom is 0.239 e. The van der Waals surface area contributed by atoms with Crippen LogP contribution in [0.5, 0.6) is 0 Å². The highest BCUT2D eigenvalue weighted by Gasteiger charge is 2.27. The number of rotatable bonds is 5. The number of carbonyl (C=O) groups excluding carboxylic acids is 1. The Morgan fingerprint density at radius 3 is 2.45 bits per heavy atom. The Morgan fingerprint density at radius 2 is 1.91 bits per heavy atom. The van der Waals surface area contributed by atoms with Crippen molar-refractivity contribution >= 4 is 5.91 Å². The third kappa shape index (κ3) is 4.52. The molecule has 5 heteroatoms. The molecule has 1 aromatic carbocycles. The quantitative estimate of drug-likeness (QED) is 0.873. The van der Waals surface area contributed by atoms with Gasteiger partial charge in [-0.3, -0.25) is 4.79 Å². The van der Waals surface area contributed by atoms with E-state index in [4.69, 9.17) is 5.73 Å². The van der Waals surface area contributed by atoms with Gasteiger partial charge in [-0.15, -0.1) is 0 Å². The molecule has 1 saturated heterocycles. The number of hydrogen-bond acceptors (Lipinski definition) is 3. The standard InChI is InChI=1S/C17H26FN3O/c1-12(2)16(19)17(22)21-9-7-15(8-10-21)20-11-13-3-5-14(18)6-4-13/h3-6,12,15-16,20H,7-11,19H2,1-2H3. The van der Waals surface area contributed by atoms with Gasteiger partial charge in [0.15, 0.2) is 0 Å². The average Bonchev–Trinajstić information content (AvgIpc) is 2.53. The zero-order valence-corrected chi connectivity index (χ0v) is 13.4. The van der Waals surface area contributed by atoms with Gasteiger partial charge in [-0.05, 0) is 36.5 Å². The third-order valence-electron chi connectivity index (χ3n) is 4.32. The molecule has 22 heavy (non-hydrogen) atoms. The second kappa shape index (κ2) is 7.70. The molecule has 1 atom stereocenters. The number of hydrogen-bond donors (Lipinski definition) is 2. The first kappa shape index (κ1) is 16.9. The maximum atomic E-state index is 12.9. The van der Waals surface area contributed by atoms with E-state index < -0.39 is 6.04 Å². The van der Waals surface area contributed by atoms with Crippen LogP contribution in [-0.2, 0) is 11.3 Å². The molecule has 3 N–H and O–H groups in total. The number of piperidine rings is 1. The molecular formula is C17H26FN3O. The minimum atomic E-state index is -0.399. The molecule has 1 fully saturated rings. The highest BCUT2D eigenvalue weighted by Crippen LogP contribution is 2.14. The fourth-order valence-corrected chi connectivity index (χ4v) is 2.66. The summed E-state index contributed by atoms with van der Waals surface area (Å²) >= 11 is 0. The van der Waals surface area contributed by atoms with Gasteiger partial charge in [-0.1, -0.05) is 26.0 Å². The molecule has 1 unspecified atom stereocenters. The van der Waals surface area contributed by atoms with E-state index in [1.54, 1.807) is 12.1 Å². The lowest BCUT2D eigenvalue weighted by molar-refractivity contribution is -0.134. The monoisotopic (exact) mass is 307 g/mol. The molecule has 0 radical (unpaired) electrons. The van der Waals surface area contributed by atoms with Gasteiger partial charge < -0.3 is 16.0 Å². The van der Waals surface area contributed by atoms with E-state index >= 15 is 0 Å². The van der Waals surface area contributed by atoms with Crippen molar-refractivity contribution in [2.45, 2.75) is 45.3 Å². The molecule has 122 valence electrons. The largest absolute Gasteiger partial charge is 0.341 e. The van der Waals surface area contributed by atoms with E-state index in [-0.39, 0.29) is 17.6 Å². The molecule has 1 aromatic rings. The summed E-state index contributed by atoms with van der Waals surface area (Å²) in [7, 11) is 0. The van der Waals surface area contributed by atoms with Crippen LogP contribution in [-0.4, -0.2) is 36.0 Å². The number of carbonyl (C=O) groups is 1. The third-order valence-corrected chi connectivity index (χ3v) is 4.32. The van der Waals surface area contributed by atoms with E-state index in [9.17, 15) is 9.18 Å². The normalized spacial score (nSPS) is 17.8. The van der Waals surface area contributed by atoms with Gasteiger partial charge in [0.1, 0.15) is 5.82 Å². The van der Waals surface area contributed by atoms with Crippen molar-refractivity contribution in [3.8, 4) is 0 Å². The summed E-state index contributed by atoms with van der Waals surface area (Å²) in [5.41, 5.74) is 7.01. The summed E-state index contributed by atoms with van der Waals surface area (Å²) < 4.78 is 12.9. The molecule has 0 aliphatic carbocycles. The van der Waals surface area contributed by atoms with Crippen molar-refractivity contribution in [1.82, 2.24) is 10.2 Å². The van der Waals surface area contributed by atoms with Gasteiger partial charge >= 0.3 is 0 Å². The van der Waals surface area contributed by atoms with E-state index in [0.717, 1.165) is 38.0 Å². The van der Waals surface area contributed by atoms with Crippen LogP contribution < -0.4 is 11.1 Å². The first-order valence-electron chi connectivity index (χ1n) is 7.99. The highest BCUT2D eigenvalue weighted by molar-refractivity contribution is 5.82. The lowest BCUT2D eigenvalue weighted by atomic mass is 10.00. The number of likely N-dealkylation sites (tertiary alicyclic amines) is 1. The van der Waals surface area contributed by atoms with Gasteiger partial charge in [0, 0.05) is 25.7 Å². The van der Waals surface area contributed by atoms with E-state index in [0.29, 0.717) is 6.04 Å². The number of nitrogens with one attached hydrogen (secondary N) is 1. The van der Waals surface area contributed by atoms with Gasteiger partial charge in [-0.25, -0.2) is 4.39 Å². The molecule has 1 aliphatic rings. The Hall–Kier alpha value is -1.46. The predicted octanol–water partition coefficient (Wildman–Crippen LogP) is 1.89. The molecule has 0 spiro atoms. The van der Waals surface area contributed by atoms with Crippen molar-refractivity contribution < 1.29 is 9.18 Å². The summed E-state index contributed by atoms with van der Waals surface area (Å²) in [5, 5.41) is 3.48. The fourth-order valence-electron chi connectivity index (χ4n) is 2.66. The van der Waals surface area contributed by atoms with Gasteiger partial charge in [0.2, 0.25) is 5.91 Å². The smallest absolute Gasteiger partial charge is 0.239 e. The number of amides is 1. The average molecular weight is 307 g/mol. The fraction of sp³-hybridized carbons (Fsp3) is 0.588. The molecular weight excluding hydrogens is 281 g/mol. The molecule has 1 amide bonds. The Labute approximate surface area is 131 Å². The Kier molecular flexibility index (Phi) is 5.91. The Morgan fingerprint density at radius 1 is 1.32 bits per heavy atom. The summed E-state index contributed by atoms with van der Waals surface area (Å²) in [4.78, 5) is 14.1. The van der Waals surface area contributed by atoms with Gasteiger partial charge in [0.05, 0.1) is 6.04 Å². The van der Waals surface area contributed by atoms with Crippen LogP contribution in [0.15, 0.2) is 24.3 Å². The van der Waals surface area contributed by atoms with Crippen LogP contribution in [0.3, 0.4) is 0 Å². The summed E-state index contributed by atoms with van der Waals surface area (Å²) in [6.45, 7) is 6.17. The maximum absolute atomic E-state index is 12.9. The number of nitrogens with two attached hydrogens (primary N) is 1. The molecule has 4 nitrogen and oxygen atoms in total. The van der Waals surface area contributed by atoms with Crippen LogP contribution >= 0.6 is 0 Å². The molecule has 1 heterocycles. The molecule has 0 bridgehead atoms. The van der Waals surface area contributed by atoms with Crippen LogP contribution in [0.4, 0.5) is 4.39 Å². The van der Waals surface area contributed by atoms with Crippen molar-refractivity contribution in [1.29, 1.82) is 0 Å². The van der Waals surface area contributed by atoms with E-state index in [1.165, 1.54) is 12.1 Å². The molecule has 0 aromatic heterocycles. The molecule has 2 rings (SSSR count). The Balaban J connectivity index is 1.75. The SMILES string of the molecule is CC(C)C(N)C(=O)N1CCC(NCc2ccc(F)cc2)CC1. The van der Waals surface area contributed by atoms with Crippen LogP contribution in [0.2, 0.25) is 0 Å². The van der Waals surface area contributed by atoms with Crippen LogP contribution in [0.1, 0.15) is 32.3 Å². The van der Waals surface area contributed by atoms with E-state index in [1.807, 2.05) is 18.7 Å². The molecule has 1 aliphatic heterocycles. The first-order chi connectivity index (χ1) is 10.5.